The number of amides is 1. The van der Waals surface area contributed by atoms with Crippen LogP contribution in [0.5, 0.6) is 11.5 Å². The van der Waals surface area contributed by atoms with E-state index in [0.29, 0.717) is 54.4 Å². The molecule has 0 radical (unpaired) electrons. The number of carbonyl (C=O) groups excluding carboxylic acids is 2. The van der Waals surface area contributed by atoms with Gasteiger partial charge in [-0.15, -0.1) is 0 Å². The minimum Gasteiger partial charge on any atom is -0.493 e. The number of morpholine rings is 1. The third-order valence-electron chi connectivity index (χ3n) is 6.64. The van der Waals surface area contributed by atoms with E-state index in [4.69, 9.17) is 14.2 Å². The molecule has 35 heavy (non-hydrogen) atoms. The highest BCUT2D eigenvalue weighted by Gasteiger charge is 2.28. The molecule has 1 saturated heterocycles. The fraction of sp³-hybridized carbons (Fsp3) is 0.286. The molecular weight excluding hydrogens is 444 g/mol. The summed E-state index contributed by atoms with van der Waals surface area (Å²) in [4.78, 5) is 28.2. The summed E-state index contributed by atoms with van der Waals surface area (Å²) in [7, 11) is 3.20. The standard InChI is InChI=1S/C28H28N2O5/c1-33-25-5-3-4-22(27(25)34-2)20-10-12-23(26-21(20)11-13-24(26)31)29-28(32)18-6-8-19(9-7-18)30-14-16-35-17-15-30/h3-10,12H,11,13-17H2,1-2H3,(H,29,32). The number of hydrogen-bond acceptors (Lipinski definition) is 6. The Morgan fingerprint density at radius 2 is 1.69 bits per heavy atom. The van der Waals surface area contributed by atoms with E-state index in [1.54, 1.807) is 20.3 Å². The van der Waals surface area contributed by atoms with Gasteiger partial charge in [-0.1, -0.05) is 18.2 Å². The molecule has 1 heterocycles. The number of ether oxygens (including phenoxy) is 3. The first-order valence-electron chi connectivity index (χ1n) is 11.7. The SMILES string of the molecule is COc1cccc(-c2ccc(NC(=O)c3ccc(N4CCOCC4)cc3)c3c2CCC3=O)c1OC. The number of Topliss-reactive ketones (excluding diaryl/α,β-unsaturated/α-hetero) is 1. The zero-order chi connectivity index (χ0) is 24.4. The Bertz CT molecular complexity index is 1260. The summed E-state index contributed by atoms with van der Waals surface area (Å²) in [5, 5.41) is 2.97. The molecule has 1 amide bonds. The number of nitrogens with one attached hydrogen (secondary N) is 1. The van der Waals surface area contributed by atoms with Gasteiger partial charge in [-0.2, -0.15) is 0 Å². The highest BCUT2D eigenvalue weighted by molar-refractivity contribution is 6.12. The van der Waals surface area contributed by atoms with Crippen LogP contribution in [0.3, 0.4) is 0 Å². The highest BCUT2D eigenvalue weighted by atomic mass is 16.5. The lowest BCUT2D eigenvalue weighted by atomic mass is 9.94. The minimum absolute atomic E-state index is 0.0293. The van der Waals surface area contributed by atoms with Crippen molar-refractivity contribution >= 4 is 23.1 Å². The average Bonchev–Trinajstić information content (AvgIpc) is 3.31. The van der Waals surface area contributed by atoms with Crippen molar-refractivity contribution in [2.24, 2.45) is 0 Å². The molecule has 2 aliphatic rings. The number of para-hydroxylation sites is 1. The summed E-state index contributed by atoms with van der Waals surface area (Å²) in [6.07, 6.45) is 1.03. The van der Waals surface area contributed by atoms with Crippen molar-refractivity contribution in [3.63, 3.8) is 0 Å². The average molecular weight is 473 g/mol. The van der Waals surface area contributed by atoms with Gasteiger partial charge >= 0.3 is 0 Å². The molecule has 0 aromatic heterocycles. The Morgan fingerprint density at radius 3 is 2.40 bits per heavy atom. The monoisotopic (exact) mass is 472 g/mol. The molecule has 1 N–H and O–H groups in total. The molecule has 5 rings (SSSR count). The topological polar surface area (TPSA) is 77.1 Å². The number of anilines is 2. The van der Waals surface area contributed by atoms with E-state index in [-0.39, 0.29) is 11.7 Å². The second kappa shape index (κ2) is 9.80. The van der Waals surface area contributed by atoms with Crippen molar-refractivity contribution in [1.82, 2.24) is 0 Å². The molecule has 0 spiro atoms. The summed E-state index contributed by atoms with van der Waals surface area (Å²) in [6, 6.07) is 17.0. The maximum Gasteiger partial charge on any atom is 0.255 e. The summed E-state index contributed by atoms with van der Waals surface area (Å²) < 4.78 is 16.5. The van der Waals surface area contributed by atoms with Gasteiger partial charge in [-0.05, 0) is 53.9 Å². The van der Waals surface area contributed by atoms with Gasteiger partial charge < -0.3 is 24.4 Å². The maximum absolute atomic E-state index is 13.1. The molecule has 180 valence electrons. The van der Waals surface area contributed by atoms with Crippen LogP contribution < -0.4 is 19.7 Å². The first-order chi connectivity index (χ1) is 17.1. The Labute approximate surface area is 204 Å². The molecule has 0 saturated carbocycles. The van der Waals surface area contributed by atoms with Gasteiger partial charge in [0.25, 0.3) is 5.91 Å². The van der Waals surface area contributed by atoms with Gasteiger partial charge in [0.05, 0.1) is 33.1 Å². The van der Waals surface area contributed by atoms with E-state index >= 15 is 0 Å². The lowest BCUT2D eigenvalue weighted by Gasteiger charge is -2.28. The number of carbonyl (C=O) groups is 2. The van der Waals surface area contributed by atoms with Crippen molar-refractivity contribution < 1.29 is 23.8 Å². The summed E-state index contributed by atoms with van der Waals surface area (Å²) in [5.41, 5.74) is 5.41. The van der Waals surface area contributed by atoms with Crippen LogP contribution in [0, 0.1) is 0 Å². The van der Waals surface area contributed by atoms with Crippen LogP contribution in [0.25, 0.3) is 11.1 Å². The smallest absolute Gasteiger partial charge is 0.255 e. The second-order valence-corrected chi connectivity index (χ2v) is 8.58. The molecule has 1 aliphatic carbocycles. The summed E-state index contributed by atoms with van der Waals surface area (Å²) in [6.45, 7) is 3.09. The Hall–Kier alpha value is -3.84. The van der Waals surface area contributed by atoms with Crippen LogP contribution in [0.1, 0.15) is 32.7 Å². The lowest BCUT2D eigenvalue weighted by Crippen LogP contribution is -2.36. The summed E-state index contributed by atoms with van der Waals surface area (Å²) in [5.74, 6) is 1.03. The Kier molecular flexibility index (Phi) is 6.42. The van der Waals surface area contributed by atoms with E-state index in [1.807, 2.05) is 48.5 Å². The van der Waals surface area contributed by atoms with Crippen molar-refractivity contribution in [2.45, 2.75) is 12.8 Å². The predicted octanol–water partition coefficient (Wildman–Crippen LogP) is 4.59. The van der Waals surface area contributed by atoms with E-state index in [9.17, 15) is 9.59 Å². The molecule has 7 heteroatoms. The van der Waals surface area contributed by atoms with Crippen LogP contribution in [0.2, 0.25) is 0 Å². The van der Waals surface area contributed by atoms with E-state index in [1.165, 1.54) is 0 Å². The Morgan fingerprint density at radius 1 is 0.914 bits per heavy atom. The molecule has 3 aromatic rings. The fourth-order valence-corrected chi connectivity index (χ4v) is 4.88. The predicted molar refractivity (Wildman–Crippen MR) is 135 cm³/mol. The van der Waals surface area contributed by atoms with Gasteiger partial charge in [0.15, 0.2) is 17.3 Å². The van der Waals surface area contributed by atoms with Crippen molar-refractivity contribution in [3.8, 4) is 22.6 Å². The quantitative estimate of drug-likeness (QED) is 0.566. The van der Waals surface area contributed by atoms with Gasteiger partial charge in [-0.25, -0.2) is 0 Å². The number of methoxy groups -OCH3 is 2. The van der Waals surface area contributed by atoms with E-state index < -0.39 is 0 Å². The van der Waals surface area contributed by atoms with Crippen LogP contribution in [-0.4, -0.2) is 52.2 Å². The van der Waals surface area contributed by atoms with Gasteiger partial charge in [0.2, 0.25) is 0 Å². The van der Waals surface area contributed by atoms with E-state index in [2.05, 4.69) is 10.2 Å². The second-order valence-electron chi connectivity index (χ2n) is 8.58. The van der Waals surface area contributed by atoms with E-state index in [0.717, 1.165) is 35.5 Å². The highest BCUT2D eigenvalue weighted by Crippen LogP contribution is 2.43. The molecule has 1 fully saturated rings. The van der Waals surface area contributed by atoms with Crippen molar-refractivity contribution in [3.05, 3.63) is 71.3 Å². The third-order valence-corrected chi connectivity index (χ3v) is 6.64. The third kappa shape index (κ3) is 4.35. The number of benzene rings is 3. The fourth-order valence-electron chi connectivity index (χ4n) is 4.88. The maximum atomic E-state index is 13.1. The van der Waals surface area contributed by atoms with Crippen molar-refractivity contribution in [1.29, 1.82) is 0 Å². The first kappa shape index (κ1) is 22.9. The molecule has 3 aromatic carbocycles. The number of ketones is 1. The molecule has 1 aliphatic heterocycles. The van der Waals surface area contributed by atoms with Gasteiger partial charge in [0.1, 0.15) is 0 Å². The van der Waals surface area contributed by atoms with Gasteiger partial charge in [0, 0.05) is 41.9 Å². The first-order valence-corrected chi connectivity index (χ1v) is 11.7. The molecule has 0 atom stereocenters. The zero-order valence-corrected chi connectivity index (χ0v) is 19.9. The van der Waals surface area contributed by atoms with Crippen LogP contribution in [0.4, 0.5) is 11.4 Å². The molecule has 0 bridgehead atoms. The zero-order valence-electron chi connectivity index (χ0n) is 19.9. The normalized spacial score (nSPS) is 15.0. The lowest BCUT2D eigenvalue weighted by molar-refractivity contribution is 0.0995. The van der Waals surface area contributed by atoms with Crippen LogP contribution in [0.15, 0.2) is 54.6 Å². The van der Waals surface area contributed by atoms with Crippen LogP contribution >= 0.6 is 0 Å². The number of nitrogens with zero attached hydrogens (tertiary/aromatic N) is 1. The largest absolute Gasteiger partial charge is 0.493 e. The number of hydrogen-bond donors (Lipinski definition) is 1. The Balaban J connectivity index is 1.43. The molecular formula is C28H28N2O5. The minimum atomic E-state index is -0.243. The number of fused-ring (bicyclic) bond motifs is 1. The summed E-state index contributed by atoms with van der Waals surface area (Å²) >= 11 is 0. The molecule has 7 nitrogen and oxygen atoms in total. The van der Waals surface area contributed by atoms with Gasteiger partial charge in [-0.3, -0.25) is 9.59 Å². The molecule has 0 unspecified atom stereocenters. The van der Waals surface area contributed by atoms with Crippen molar-refractivity contribution in [2.75, 3.05) is 50.7 Å². The van der Waals surface area contributed by atoms with Crippen LogP contribution in [-0.2, 0) is 11.2 Å². The number of rotatable bonds is 6.